The topological polar surface area (TPSA) is 43.4 Å². The van der Waals surface area contributed by atoms with Gasteiger partial charge in [-0.05, 0) is 24.0 Å². The average molecular weight is 296 g/mol. The van der Waals surface area contributed by atoms with Gasteiger partial charge >= 0.3 is 5.97 Å². The number of ketones is 1. The van der Waals surface area contributed by atoms with Gasteiger partial charge in [0.2, 0.25) is 0 Å². The van der Waals surface area contributed by atoms with Crippen LogP contribution in [-0.4, -0.2) is 24.8 Å². The summed E-state index contributed by atoms with van der Waals surface area (Å²) in [6.07, 6.45) is -3.38. The standard InChI is InChI=1S/C16H18F2O3/c1-9(2)8-21-15(20)16(14(17)18)7-12-10(3)5-4-6-11(12)13(16)19/h4-6,9,14H,7-8H2,1-3H3. The molecule has 1 unspecified atom stereocenters. The van der Waals surface area contributed by atoms with Gasteiger partial charge in [-0.15, -0.1) is 0 Å². The molecule has 0 fully saturated rings. The number of carbonyl (C=O) groups is 2. The highest BCUT2D eigenvalue weighted by molar-refractivity contribution is 6.16. The highest BCUT2D eigenvalue weighted by Crippen LogP contribution is 2.43. The fourth-order valence-electron chi connectivity index (χ4n) is 2.55. The number of halogens is 2. The molecule has 2 rings (SSSR count). The van der Waals surface area contributed by atoms with Crippen molar-refractivity contribution in [1.29, 1.82) is 0 Å². The molecule has 0 radical (unpaired) electrons. The van der Waals surface area contributed by atoms with E-state index in [-0.39, 0.29) is 24.5 Å². The molecule has 0 saturated heterocycles. The number of esters is 1. The summed E-state index contributed by atoms with van der Waals surface area (Å²) in [7, 11) is 0. The van der Waals surface area contributed by atoms with E-state index in [1.165, 1.54) is 6.07 Å². The maximum Gasteiger partial charge on any atom is 0.326 e. The number of alkyl halides is 2. The lowest BCUT2D eigenvalue weighted by molar-refractivity contribution is -0.161. The Morgan fingerprint density at radius 2 is 2.05 bits per heavy atom. The third-order valence-corrected chi connectivity index (χ3v) is 3.80. The van der Waals surface area contributed by atoms with E-state index >= 15 is 0 Å². The molecule has 0 saturated carbocycles. The Hall–Kier alpha value is -1.78. The van der Waals surface area contributed by atoms with E-state index in [0.29, 0.717) is 5.56 Å². The van der Waals surface area contributed by atoms with Crippen molar-refractivity contribution in [3.63, 3.8) is 0 Å². The van der Waals surface area contributed by atoms with Crippen LogP contribution < -0.4 is 0 Å². The second-order valence-corrected chi connectivity index (χ2v) is 5.87. The van der Waals surface area contributed by atoms with Gasteiger partial charge in [-0.3, -0.25) is 9.59 Å². The van der Waals surface area contributed by atoms with Crippen LogP contribution in [0.5, 0.6) is 0 Å². The Balaban J connectivity index is 2.40. The molecule has 1 aromatic carbocycles. The van der Waals surface area contributed by atoms with Gasteiger partial charge in [0.1, 0.15) is 0 Å². The van der Waals surface area contributed by atoms with Crippen LogP contribution in [0.4, 0.5) is 8.78 Å². The number of carbonyl (C=O) groups excluding carboxylic acids is 2. The Morgan fingerprint density at radius 1 is 1.38 bits per heavy atom. The number of benzene rings is 1. The smallest absolute Gasteiger partial charge is 0.326 e. The van der Waals surface area contributed by atoms with Crippen LogP contribution in [0, 0.1) is 18.3 Å². The summed E-state index contributed by atoms with van der Waals surface area (Å²) in [5, 5.41) is 0. The van der Waals surface area contributed by atoms with Gasteiger partial charge in [-0.2, -0.15) is 0 Å². The molecule has 1 aromatic rings. The van der Waals surface area contributed by atoms with E-state index in [1.807, 2.05) is 0 Å². The zero-order valence-electron chi connectivity index (χ0n) is 12.3. The van der Waals surface area contributed by atoms with Crippen molar-refractivity contribution < 1.29 is 23.1 Å². The Kier molecular flexibility index (Phi) is 4.12. The van der Waals surface area contributed by atoms with Gasteiger partial charge in [0.05, 0.1) is 6.61 Å². The second kappa shape index (κ2) is 5.54. The van der Waals surface area contributed by atoms with Crippen LogP contribution in [0.1, 0.15) is 35.3 Å². The predicted octanol–water partition coefficient (Wildman–Crippen LogP) is 3.18. The van der Waals surface area contributed by atoms with Crippen molar-refractivity contribution in [3.8, 4) is 0 Å². The van der Waals surface area contributed by atoms with E-state index in [9.17, 15) is 18.4 Å². The molecule has 5 heteroatoms. The monoisotopic (exact) mass is 296 g/mol. The summed E-state index contributed by atoms with van der Waals surface area (Å²) in [6, 6.07) is 4.87. The van der Waals surface area contributed by atoms with Crippen molar-refractivity contribution in [1.82, 2.24) is 0 Å². The molecule has 0 amide bonds. The Morgan fingerprint density at radius 3 is 2.57 bits per heavy atom. The quantitative estimate of drug-likeness (QED) is 0.633. The van der Waals surface area contributed by atoms with Gasteiger partial charge in [-0.25, -0.2) is 8.78 Å². The van der Waals surface area contributed by atoms with Crippen molar-refractivity contribution in [3.05, 3.63) is 34.9 Å². The average Bonchev–Trinajstić information content (AvgIpc) is 2.72. The number of rotatable bonds is 4. The van der Waals surface area contributed by atoms with Crippen molar-refractivity contribution in [2.24, 2.45) is 11.3 Å². The lowest BCUT2D eigenvalue weighted by atomic mass is 9.84. The first kappa shape index (κ1) is 15.6. The summed E-state index contributed by atoms with van der Waals surface area (Å²) in [5.41, 5.74) is -0.926. The highest BCUT2D eigenvalue weighted by Gasteiger charge is 2.59. The molecule has 1 atom stereocenters. The molecule has 1 aliphatic rings. The number of hydrogen-bond acceptors (Lipinski definition) is 3. The van der Waals surface area contributed by atoms with Gasteiger partial charge in [0, 0.05) is 12.0 Å². The number of aryl methyl sites for hydroxylation is 1. The zero-order valence-corrected chi connectivity index (χ0v) is 12.3. The summed E-state index contributed by atoms with van der Waals surface area (Å²) in [4.78, 5) is 24.6. The van der Waals surface area contributed by atoms with Crippen LogP contribution in [0.2, 0.25) is 0 Å². The number of hydrogen-bond donors (Lipinski definition) is 0. The third kappa shape index (κ3) is 2.45. The first-order valence-corrected chi connectivity index (χ1v) is 6.89. The van der Waals surface area contributed by atoms with Crippen LogP contribution >= 0.6 is 0 Å². The summed E-state index contributed by atoms with van der Waals surface area (Å²) in [5.74, 6) is -1.93. The van der Waals surface area contributed by atoms with Crippen LogP contribution in [-0.2, 0) is 16.0 Å². The molecule has 0 aromatic heterocycles. The Labute approximate surface area is 122 Å². The number of fused-ring (bicyclic) bond motifs is 1. The molecule has 1 aliphatic carbocycles. The Bertz CT molecular complexity index is 581. The molecule has 3 nitrogen and oxygen atoms in total. The van der Waals surface area contributed by atoms with E-state index in [0.717, 1.165) is 5.56 Å². The molecule has 0 bridgehead atoms. The van der Waals surface area contributed by atoms with Crippen LogP contribution in [0.15, 0.2) is 18.2 Å². The van der Waals surface area contributed by atoms with Crippen molar-refractivity contribution in [2.45, 2.75) is 33.6 Å². The fraction of sp³-hybridized carbons (Fsp3) is 0.500. The van der Waals surface area contributed by atoms with Crippen molar-refractivity contribution in [2.75, 3.05) is 6.61 Å². The summed E-state index contributed by atoms with van der Waals surface area (Å²) in [6.45, 7) is 5.37. The van der Waals surface area contributed by atoms with E-state index < -0.39 is 23.6 Å². The first-order chi connectivity index (χ1) is 9.80. The van der Waals surface area contributed by atoms with E-state index in [2.05, 4.69) is 0 Å². The lowest BCUT2D eigenvalue weighted by Crippen LogP contribution is -2.45. The van der Waals surface area contributed by atoms with Gasteiger partial charge in [0.15, 0.2) is 11.2 Å². The molecule has 0 aliphatic heterocycles. The molecular formula is C16H18F2O3. The summed E-state index contributed by atoms with van der Waals surface area (Å²) >= 11 is 0. The van der Waals surface area contributed by atoms with Gasteiger partial charge in [0.25, 0.3) is 6.43 Å². The zero-order chi connectivity index (χ0) is 15.8. The van der Waals surface area contributed by atoms with Gasteiger partial charge < -0.3 is 4.74 Å². The molecule has 0 spiro atoms. The molecule has 114 valence electrons. The minimum atomic E-state index is -3.09. The van der Waals surface area contributed by atoms with Crippen LogP contribution in [0.3, 0.4) is 0 Å². The maximum atomic E-state index is 13.6. The molecule has 0 N–H and O–H groups in total. The molecular weight excluding hydrogens is 278 g/mol. The number of ether oxygens (including phenoxy) is 1. The van der Waals surface area contributed by atoms with Crippen LogP contribution in [0.25, 0.3) is 0 Å². The van der Waals surface area contributed by atoms with Gasteiger partial charge in [-0.1, -0.05) is 32.0 Å². The third-order valence-electron chi connectivity index (χ3n) is 3.80. The normalized spacial score (nSPS) is 21.0. The fourth-order valence-corrected chi connectivity index (χ4v) is 2.55. The highest BCUT2D eigenvalue weighted by atomic mass is 19.3. The maximum absolute atomic E-state index is 13.6. The minimum Gasteiger partial charge on any atom is -0.464 e. The molecule has 0 heterocycles. The summed E-state index contributed by atoms with van der Waals surface area (Å²) < 4.78 is 32.1. The SMILES string of the molecule is Cc1cccc2c1CC(C(=O)OCC(C)C)(C(F)F)C2=O. The van der Waals surface area contributed by atoms with Crippen molar-refractivity contribution >= 4 is 11.8 Å². The molecule has 21 heavy (non-hydrogen) atoms. The largest absolute Gasteiger partial charge is 0.464 e. The predicted molar refractivity (Wildman–Crippen MR) is 73.4 cm³/mol. The lowest BCUT2D eigenvalue weighted by Gasteiger charge is -2.24. The minimum absolute atomic E-state index is 0.0179. The second-order valence-electron chi connectivity index (χ2n) is 5.87. The first-order valence-electron chi connectivity index (χ1n) is 6.89. The number of Topliss-reactive ketones (excluding diaryl/α,β-unsaturated/α-hetero) is 1. The van der Waals surface area contributed by atoms with E-state index in [1.54, 1.807) is 32.9 Å². The van der Waals surface area contributed by atoms with E-state index in [4.69, 9.17) is 4.74 Å².